The summed E-state index contributed by atoms with van der Waals surface area (Å²) >= 11 is 0. The summed E-state index contributed by atoms with van der Waals surface area (Å²) < 4.78 is 0.193. The normalized spacial score (nSPS) is 8.86. The van der Waals surface area contributed by atoms with Crippen LogP contribution in [0.3, 0.4) is 0 Å². The first-order chi connectivity index (χ1) is 6.02. The summed E-state index contributed by atoms with van der Waals surface area (Å²) in [7, 11) is 0. The number of carboxylic acid groups (broad SMARTS) is 1. The number of aliphatic carboxylic acids is 1. The number of carboxylic acids is 1. The Labute approximate surface area is 122 Å². The van der Waals surface area contributed by atoms with E-state index in [1.54, 1.807) is 0 Å². The van der Waals surface area contributed by atoms with E-state index in [9.17, 15) is 10.0 Å². The van der Waals surface area contributed by atoms with Gasteiger partial charge in [0.05, 0.1) is 0 Å². The summed E-state index contributed by atoms with van der Waals surface area (Å²) in [4.78, 5) is 13.7. The van der Waals surface area contributed by atoms with Gasteiger partial charge in [-0.15, -0.1) is 0 Å². The van der Waals surface area contributed by atoms with Crippen molar-refractivity contribution in [2.75, 3.05) is 0 Å². The Morgan fingerprint density at radius 2 is 2.21 bits per heavy atom. The maximum atomic E-state index is 11.0. The van der Waals surface area contributed by atoms with Crippen molar-refractivity contribution in [3.63, 3.8) is 0 Å². The van der Waals surface area contributed by atoms with E-state index in [-0.39, 0.29) is 67.4 Å². The monoisotopic (exact) mass is 222 g/mol. The Kier molecular flexibility index (Phi) is 5.23. The van der Waals surface area contributed by atoms with Gasteiger partial charge in [-0.25, -0.2) is 9.78 Å². The Bertz CT molecular complexity index is 380. The summed E-state index contributed by atoms with van der Waals surface area (Å²) in [5.74, 6) is -1.78. The third-order valence-electron chi connectivity index (χ3n) is 1.36. The average molecular weight is 222 g/mol. The fraction of sp³-hybridized carbons (Fsp3) is 0. The first-order valence-electron chi connectivity index (χ1n) is 3.23. The van der Waals surface area contributed by atoms with Gasteiger partial charge in [0.15, 0.2) is 0 Å². The second-order valence-corrected chi connectivity index (χ2v) is 2.24. The summed E-state index contributed by atoms with van der Waals surface area (Å²) in [6, 6.07) is 0. The van der Waals surface area contributed by atoms with Crippen molar-refractivity contribution in [1.29, 1.82) is 0 Å². The van der Waals surface area contributed by atoms with Gasteiger partial charge in [-0.05, 0) is 0 Å². The molecule has 0 atom stereocenters. The van der Waals surface area contributed by atoms with Crippen molar-refractivity contribution < 1.29 is 19.7 Å². The van der Waals surface area contributed by atoms with Crippen LogP contribution in [0, 0.1) is 5.21 Å². The van der Waals surface area contributed by atoms with E-state index in [0.717, 1.165) is 12.4 Å². The van der Waals surface area contributed by atoms with Gasteiger partial charge < -0.3 is 15.4 Å². The van der Waals surface area contributed by atoms with Gasteiger partial charge in [-0.2, -0.15) is 4.73 Å². The van der Waals surface area contributed by atoms with Crippen LogP contribution < -0.4 is 4.73 Å². The first kappa shape index (κ1) is 13.5. The Morgan fingerprint density at radius 3 is 2.64 bits per heavy atom. The van der Waals surface area contributed by atoms with Gasteiger partial charge in [0.1, 0.15) is 11.8 Å². The van der Waals surface area contributed by atoms with Crippen LogP contribution in [-0.2, 0) is 4.79 Å². The van der Waals surface area contributed by atoms with E-state index in [0.29, 0.717) is 0 Å². The Balaban J connectivity index is 0.00000169. The van der Waals surface area contributed by atoms with Gasteiger partial charge in [-0.1, -0.05) is 6.58 Å². The average Bonchev–Trinajstić information content (AvgIpc) is 2.03. The first-order valence-corrected chi connectivity index (χ1v) is 3.23. The van der Waals surface area contributed by atoms with Crippen LogP contribution in [0.15, 0.2) is 19.0 Å². The molecule has 7 heteroatoms. The molecule has 1 rings (SSSR count). The SMILES string of the molecule is C=C(C(=O)O)c1cnc(O)c[n+]1[O-].[KH]. The van der Waals surface area contributed by atoms with Crippen LogP contribution in [0.4, 0.5) is 0 Å². The van der Waals surface area contributed by atoms with E-state index in [1.165, 1.54) is 0 Å². The van der Waals surface area contributed by atoms with Crippen LogP contribution in [0.25, 0.3) is 5.57 Å². The predicted octanol–water partition coefficient (Wildman–Crippen LogP) is -1.13. The fourth-order valence-corrected chi connectivity index (χ4v) is 0.712. The minimum atomic E-state index is -1.31. The predicted molar refractivity (Wildman–Crippen MR) is 48.7 cm³/mol. The topological polar surface area (TPSA) is 97.4 Å². The number of rotatable bonds is 2. The van der Waals surface area contributed by atoms with E-state index in [1.807, 2.05) is 0 Å². The van der Waals surface area contributed by atoms with Crippen molar-refractivity contribution in [2.45, 2.75) is 0 Å². The number of aromatic nitrogens is 2. The second-order valence-electron chi connectivity index (χ2n) is 2.24. The van der Waals surface area contributed by atoms with E-state index >= 15 is 0 Å². The molecule has 1 heterocycles. The van der Waals surface area contributed by atoms with Gasteiger partial charge in [0, 0.05) is 0 Å². The zero-order valence-electron chi connectivity index (χ0n) is 6.47. The standard InChI is InChI=1S/C7H6N2O4.K.H/c1-4(7(11)12)5-2-8-6(10)3-9(5)13;;/h2-3H,1H2,(H,8,10)(H,11,12);;. The Hall–Kier alpha value is -0.474. The van der Waals surface area contributed by atoms with Crippen molar-refractivity contribution in [3.8, 4) is 5.88 Å². The summed E-state index contributed by atoms with van der Waals surface area (Å²) in [5.41, 5.74) is -0.576. The van der Waals surface area contributed by atoms with Crippen molar-refractivity contribution in [1.82, 2.24) is 4.98 Å². The molecule has 0 spiro atoms. The molecular weight excluding hydrogens is 215 g/mol. The molecule has 1 aromatic heterocycles. The number of hydrogen-bond donors (Lipinski definition) is 2. The molecule has 0 saturated heterocycles. The second kappa shape index (κ2) is 5.42. The summed E-state index contributed by atoms with van der Waals surface area (Å²) in [6.45, 7) is 3.17. The maximum absolute atomic E-state index is 11.0. The fourth-order valence-electron chi connectivity index (χ4n) is 0.712. The van der Waals surface area contributed by atoms with Crippen LogP contribution in [0.2, 0.25) is 0 Å². The number of hydrogen-bond acceptors (Lipinski definition) is 4. The molecule has 0 aliphatic rings. The zero-order valence-corrected chi connectivity index (χ0v) is 6.47. The van der Waals surface area contributed by atoms with Crippen LogP contribution in [0.5, 0.6) is 5.88 Å². The molecule has 0 aromatic carbocycles. The molecule has 0 unspecified atom stereocenters. The molecule has 1 aromatic rings. The number of nitrogens with zero attached hydrogens (tertiary/aromatic N) is 2. The molecule has 0 amide bonds. The summed E-state index contributed by atoms with van der Waals surface area (Å²) in [5, 5.41) is 28.2. The van der Waals surface area contributed by atoms with Crippen molar-refractivity contribution in [2.24, 2.45) is 0 Å². The third-order valence-corrected chi connectivity index (χ3v) is 1.36. The van der Waals surface area contributed by atoms with Gasteiger partial charge in [0.2, 0.25) is 11.9 Å². The van der Waals surface area contributed by atoms with Gasteiger partial charge in [0.25, 0.3) is 5.88 Å². The molecule has 2 N–H and O–H groups in total. The van der Waals surface area contributed by atoms with Crippen LogP contribution >= 0.6 is 0 Å². The van der Waals surface area contributed by atoms with Crippen molar-refractivity contribution in [3.05, 3.63) is 29.9 Å². The van der Waals surface area contributed by atoms with Crippen LogP contribution in [0.1, 0.15) is 5.69 Å². The van der Waals surface area contributed by atoms with Crippen molar-refractivity contribution >= 4 is 62.9 Å². The molecular formula is C7H7KN2O4. The molecule has 0 fully saturated rings. The molecule has 0 radical (unpaired) electrons. The molecule has 14 heavy (non-hydrogen) atoms. The summed E-state index contributed by atoms with van der Waals surface area (Å²) in [6.07, 6.45) is 1.70. The van der Waals surface area contributed by atoms with E-state index in [4.69, 9.17) is 10.2 Å². The molecule has 0 aliphatic carbocycles. The third kappa shape index (κ3) is 3.03. The molecule has 0 bridgehead atoms. The molecule has 0 aliphatic heterocycles. The minimum absolute atomic E-state index is 0. The molecule has 6 nitrogen and oxygen atoms in total. The van der Waals surface area contributed by atoms with E-state index < -0.39 is 11.8 Å². The molecule has 70 valence electrons. The van der Waals surface area contributed by atoms with Crippen LogP contribution in [-0.4, -0.2) is 72.6 Å². The Morgan fingerprint density at radius 1 is 1.64 bits per heavy atom. The number of carbonyl (C=O) groups is 1. The molecule has 0 saturated carbocycles. The van der Waals surface area contributed by atoms with Gasteiger partial charge >= 0.3 is 57.4 Å². The number of aromatic hydroxyl groups is 1. The zero-order chi connectivity index (χ0) is 10.0. The van der Waals surface area contributed by atoms with E-state index in [2.05, 4.69) is 11.6 Å². The quantitative estimate of drug-likeness (QED) is 0.285. The van der Waals surface area contributed by atoms with Gasteiger partial charge in [-0.3, -0.25) is 0 Å².